The summed E-state index contributed by atoms with van der Waals surface area (Å²) in [5, 5.41) is 0. The first-order chi connectivity index (χ1) is 11.3. The van der Waals surface area contributed by atoms with Gasteiger partial charge in [0, 0.05) is 17.2 Å². The lowest BCUT2D eigenvalue weighted by molar-refractivity contribution is 0.167. The molecule has 4 nitrogen and oxygen atoms in total. The molecule has 0 bridgehead atoms. The number of ether oxygens (including phenoxy) is 3. The van der Waals surface area contributed by atoms with Crippen molar-refractivity contribution in [3.8, 4) is 28.4 Å². The Morgan fingerprint density at radius 2 is 1.96 bits per heavy atom. The van der Waals surface area contributed by atoms with Gasteiger partial charge in [0.1, 0.15) is 23.4 Å². The van der Waals surface area contributed by atoms with Crippen molar-refractivity contribution >= 4 is 12.4 Å². The average Bonchev–Trinajstić information content (AvgIpc) is 2.61. The summed E-state index contributed by atoms with van der Waals surface area (Å²) < 4.78 is 17.1. The molecule has 1 aliphatic rings. The van der Waals surface area contributed by atoms with Crippen molar-refractivity contribution < 1.29 is 14.2 Å². The van der Waals surface area contributed by atoms with Gasteiger partial charge in [-0.1, -0.05) is 18.2 Å². The minimum absolute atomic E-state index is 0. The summed E-state index contributed by atoms with van der Waals surface area (Å²) in [6.07, 6.45) is 3.12. The molecule has 130 valence electrons. The highest BCUT2D eigenvalue weighted by Gasteiger charge is 2.23. The lowest BCUT2D eigenvalue weighted by atomic mass is 9.94. The molecule has 0 saturated carbocycles. The van der Waals surface area contributed by atoms with Crippen LogP contribution in [0.4, 0.5) is 0 Å². The van der Waals surface area contributed by atoms with Gasteiger partial charge in [0.25, 0.3) is 0 Å². The topological polar surface area (TPSA) is 53.7 Å². The zero-order valence-corrected chi connectivity index (χ0v) is 14.9. The molecule has 1 heterocycles. The van der Waals surface area contributed by atoms with E-state index >= 15 is 0 Å². The monoisotopic (exact) mass is 349 g/mol. The van der Waals surface area contributed by atoms with Crippen LogP contribution >= 0.6 is 12.4 Å². The van der Waals surface area contributed by atoms with Gasteiger partial charge in [-0.25, -0.2) is 0 Å². The van der Waals surface area contributed by atoms with Crippen LogP contribution in [0.15, 0.2) is 36.4 Å². The molecule has 24 heavy (non-hydrogen) atoms. The molecule has 2 N–H and O–H groups in total. The summed E-state index contributed by atoms with van der Waals surface area (Å²) >= 11 is 0. The number of hydrogen-bond acceptors (Lipinski definition) is 4. The van der Waals surface area contributed by atoms with Crippen molar-refractivity contribution in [2.24, 2.45) is 5.73 Å². The molecular weight excluding hydrogens is 326 g/mol. The van der Waals surface area contributed by atoms with E-state index in [1.165, 1.54) is 5.56 Å². The van der Waals surface area contributed by atoms with Crippen molar-refractivity contribution in [1.82, 2.24) is 0 Å². The average molecular weight is 350 g/mol. The predicted molar refractivity (Wildman–Crippen MR) is 98.6 cm³/mol. The first-order valence-corrected chi connectivity index (χ1v) is 7.97. The Morgan fingerprint density at radius 1 is 1.12 bits per heavy atom. The Morgan fingerprint density at radius 3 is 2.67 bits per heavy atom. The lowest BCUT2D eigenvalue weighted by Crippen LogP contribution is -2.25. The van der Waals surface area contributed by atoms with Crippen molar-refractivity contribution in [2.45, 2.75) is 25.4 Å². The van der Waals surface area contributed by atoms with Crippen LogP contribution in [-0.2, 0) is 6.42 Å². The minimum atomic E-state index is 0. The van der Waals surface area contributed by atoms with E-state index in [2.05, 4.69) is 18.2 Å². The third-order valence-electron chi connectivity index (χ3n) is 4.30. The van der Waals surface area contributed by atoms with Gasteiger partial charge < -0.3 is 19.9 Å². The molecule has 1 aliphatic heterocycles. The van der Waals surface area contributed by atoms with Crippen LogP contribution in [0, 0.1) is 0 Å². The molecule has 0 aromatic heterocycles. The van der Waals surface area contributed by atoms with E-state index in [9.17, 15) is 0 Å². The number of benzene rings is 2. The van der Waals surface area contributed by atoms with Crippen molar-refractivity contribution in [1.29, 1.82) is 0 Å². The van der Waals surface area contributed by atoms with Crippen LogP contribution in [-0.4, -0.2) is 26.9 Å². The Bertz CT molecular complexity index is 690. The Labute approximate surface area is 149 Å². The quantitative estimate of drug-likeness (QED) is 0.891. The molecule has 0 radical (unpaired) electrons. The van der Waals surface area contributed by atoms with Crippen molar-refractivity contribution in [2.75, 3.05) is 20.8 Å². The van der Waals surface area contributed by atoms with E-state index in [0.717, 1.165) is 47.6 Å². The molecule has 0 spiro atoms. The second kappa shape index (κ2) is 8.27. The Hall–Kier alpha value is -1.91. The number of halogens is 1. The van der Waals surface area contributed by atoms with E-state index in [0.29, 0.717) is 6.54 Å². The summed E-state index contributed by atoms with van der Waals surface area (Å²) in [5.41, 5.74) is 9.01. The molecule has 1 atom stereocenters. The minimum Gasteiger partial charge on any atom is -0.497 e. The molecular formula is C19H24ClNO3. The molecule has 0 saturated heterocycles. The van der Waals surface area contributed by atoms with E-state index < -0.39 is 0 Å². The molecule has 2 aromatic carbocycles. The molecule has 0 amide bonds. The number of para-hydroxylation sites is 1. The first-order valence-electron chi connectivity index (χ1n) is 7.97. The highest BCUT2D eigenvalue weighted by atomic mass is 35.5. The lowest BCUT2D eigenvalue weighted by Gasteiger charge is -2.28. The molecule has 0 unspecified atom stereocenters. The van der Waals surface area contributed by atoms with E-state index in [-0.39, 0.29) is 18.5 Å². The van der Waals surface area contributed by atoms with Gasteiger partial charge in [-0.2, -0.15) is 0 Å². The van der Waals surface area contributed by atoms with Gasteiger partial charge in [-0.15, -0.1) is 12.4 Å². The summed E-state index contributed by atoms with van der Waals surface area (Å²) in [6.45, 7) is 0.647. The number of methoxy groups -OCH3 is 2. The van der Waals surface area contributed by atoms with E-state index in [1.54, 1.807) is 14.2 Å². The Kier molecular flexibility index (Phi) is 6.35. The number of nitrogens with two attached hydrogens (primary N) is 1. The SMILES string of the molecule is COc1ccc(-c2cccc3c2O[C@H](CCN)CC3)c(OC)c1.Cl. The van der Waals surface area contributed by atoms with Crippen molar-refractivity contribution in [3.63, 3.8) is 0 Å². The Balaban J connectivity index is 0.00000208. The van der Waals surface area contributed by atoms with Gasteiger partial charge in [0.05, 0.1) is 14.2 Å². The summed E-state index contributed by atoms with van der Waals surface area (Å²) in [6, 6.07) is 12.1. The number of rotatable bonds is 5. The standard InChI is InChI=1S/C19H23NO3.ClH/c1-21-15-8-9-16(18(12-15)22-2)17-5-3-4-13-6-7-14(10-11-20)23-19(13)17;/h3-5,8-9,12,14H,6-7,10-11,20H2,1-2H3;1H/t14-;/m0./s1. The summed E-state index contributed by atoms with van der Waals surface area (Å²) in [7, 11) is 3.32. The van der Waals surface area contributed by atoms with Crippen LogP contribution in [0.3, 0.4) is 0 Å². The molecule has 5 heteroatoms. The molecule has 2 aromatic rings. The molecule has 0 aliphatic carbocycles. The van der Waals surface area contributed by atoms with E-state index in [4.69, 9.17) is 19.9 Å². The number of aryl methyl sites for hydroxylation is 1. The maximum absolute atomic E-state index is 6.25. The predicted octanol–water partition coefficient (Wildman–Crippen LogP) is 3.84. The smallest absolute Gasteiger partial charge is 0.130 e. The zero-order valence-electron chi connectivity index (χ0n) is 14.1. The highest BCUT2D eigenvalue weighted by Crippen LogP contribution is 2.42. The highest BCUT2D eigenvalue weighted by molar-refractivity contribution is 5.85. The molecule has 3 rings (SSSR count). The van der Waals surface area contributed by atoms with Crippen LogP contribution in [0.5, 0.6) is 17.2 Å². The number of hydrogen-bond donors (Lipinski definition) is 1. The summed E-state index contributed by atoms with van der Waals surface area (Å²) in [5.74, 6) is 2.51. The van der Waals surface area contributed by atoms with Crippen LogP contribution in [0.25, 0.3) is 11.1 Å². The van der Waals surface area contributed by atoms with Crippen LogP contribution < -0.4 is 19.9 Å². The van der Waals surface area contributed by atoms with Crippen LogP contribution in [0.2, 0.25) is 0 Å². The fourth-order valence-electron chi connectivity index (χ4n) is 3.09. The van der Waals surface area contributed by atoms with Crippen molar-refractivity contribution in [3.05, 3.63) is 42.0 Å². The largest absolute Gasteiger partial charge is 0.497 e. The third-order valence-corrected chi connectivity index (χ3v) is 4.30. The van der Waals surface area contributed by atoms with Gasteiger partial charge in [0.15, 0.2) is 0 Å². The van der Waals surface area contributed by atoms with E-state index in [1.807, 2.05) is 18.2 Å². The fourth-order valence-corrected chi connectivity index (χ4v) is 3.09. The number of fused-ring (bicyclic) bond motifs is 1. The third kappa shape index (κ3) is 3.60. The zero-order chi connectivity index (χ0) is 16.2. The maximum Gasteiger partial charge on any atom is 0.130 e. The van der Waals surface area contributed by atoms with Gasteiger partial charge in [0.2, 0.25) is 0 Å². The van der Waals surface area contributed by atoms with Gasteiger partial charge in [-0.05, 0) is 43.5 Å². The summed E-state index contributed by atoms with van der Waals surface area (Å²) in [4.78, 5) is 0. The molecule has 0 fully saturated rings. The fraction of sp³-hybridized carbons (Fsp3) is 0.368. The van der Waals surface area contributed by atoms with Gasteiger partial charge in [-0.3, -0.25) is 0 Å². The second-order valence-corrected chi connectivity index (χ2v) is 5.72. The maximum atomic E-state index is 6.25. The first kappa shape index (κ1) is 18.4. The van der Waals surface area contributed by atoms with Gasteiger partial charge >= 0.3 is 0 Å². The second-order valence-electron chi connectivity index (χ2n) is 5.72. The normalized spacial score (nSPS) is 15.7. The van der Waals surface area contributed by atoms with Crippen LogP contribution in [0.1, 0.15) is 18.4 Å².